The van der Waals surface area contributed by atoms with Crippen molar-refractivity contribution in [1.82, 2.24) is 10.2 Å². The van der Waals surface area contributed by atoms with Crippen LogP contribution in [-0.4, -0.2) is 42.1 Å². The van der Waals surface area contributed by atoms with Gasteiger partial charge in [0.05, 0.1) is 6.61 Å². The summed E-state index contributed by atoms with van der Waals surface area (Å²) in [5.41, 5.74) is 0. The van der Waals surface area contributed by atoms with Gasteiger partial charge in [0, 0.05) is 12.6 Å². The summed E-state index contributed by atoms with van der Waals surface area (Å²) in [4.78, 5) is 25.4. The van der Waals surface area contributed by atoms with E-state index in [-0.39, 0.29) is 18.0 Å². The van der Waals surface area contributed by atoms with Crippen LogP contribution in [0.15, 0.2) is 0 Å². The Balaban J connectivity index is 1.85. The molecule has 2 rings (SSSR count). The minimum atomic E-state index is -0.350. The van der Waals surface area contributed by atoms with E-state index in [0.29, 0.717) is 25.1 Å². The zero-order chi connectivity index (χ0) is 13.1. The van der Waals surface area contributed by atoms with E-state index < -0.39 is 0 Å². The van der Waals surface area contributed by atoms with Crippen LogP contribution in [0.3, 0.4) is 0 Å². The summed E-state index contributed by atoms with van der Waals surface area (Å²) < 4.78 is 5.20. The SMILES string of the molecule is CC(C)COC(=O)N1CCC[C@H]1C(=O)NC1CC1. The molecule has 0 bridgehead atoms. The van der Waals surface area contributed by atoms with Crippen molar-refractivity contribution in [3.05, 3.63) is 0 Å². The molecule has 0 aromatic rings. The quantitative estimate of drug-likeness (QED) is 0.827. The maximum Gasteiger partial charge on any atom is 0.410 e. The first-order valence-corrected chi connectivity index (χ1v) is 6.81. The number of ether oxygens (including phenoxy) is 1. The molecule has 1 atom stereocenters. The number of amides is 2. The summed E-state index contributed by atoms with van der Waals surface area (Å²) in [6.45, 7) is 5.02. The smallest absolute Gasteiger partial charge is 0.410 e. The van der Waals surface area contributed by atoms with E-state index in [0.717, 1.165) is 25.7 Å². The van der Waals surface area contributed by atoms with Gasteiger partial charge in [-0.15, -0.1) is 0 Å². The van der Waals surface area contributed by atoms with Gasteiger partial charge in [-0.2, -0.15) is 0 Å². The maximum atomic E-state index is 12.0. The highest BCUT2D eigenvalue weighted by Crippen LogP contribution is 2.22. The largest absolute Gasteiger partial charge is 0.449 e. The van der Waals surface area contributed by atoms with Gasteiger partial charge in [0.2, 0.25) is 5.91 Å². The van der Waals surface area contributed by atoms with Crippen molar-refractivity contribution in [2.75, 3.05) is 13.2 Å². The van der Waals surface area contributed by atoms with E-state index in [1.807, 2.05) is 13.8 Å². The van der Waals surface area contributed by atoms with Gasteiger partial charge in [-0.3, -0.25) is 9.69 Å². The van der Waals surface area contributed by atoms with Gasteiger partial charge in [-0.25, -0.2) is 4.79 Å². The Morgan fingerprint density at radius 1 is 1.33 bits per heavy atom. The summed E-state index contributed by atoms with van der Waals surface area (Å²) in [6, 6.07) is 0.0110. The van der Waals surface area contributed by atoms with Crippen LogP contribution < -0.4 is 5.32 Å². The van der Waals surface area contributed by atoms with E-state index in [2.05, 4.69) is 5.32 Å². The molecule has 1 N–H and O–H groups in total. The molecule has 5 heteroatoms. The number of carbonyl (C=O) groups is 2. The highest BCUT2D eigenvalue weighted by Gasteiger charge is 2.37. The highest BCUT2D eigenvalue weighted by molar-refractivity contribution is 5.86. The number of likely N-dealkylation sites (tertiary alicyclic amines) is 1. The Hall–Kier alpha value is -1.26. The van der Waals surface area contributed by atoms with Crippen LogP contribution in [-0.2, 0) is 9.53 Å². The van der Waals surface area contributed by atoms with Crippen molar-refractivity contribution in [2.45, 2.75) is 51.6 Å². The van der Waals surface area contributed by atoms with E-state index in [4.69, 9.17) is 4.74 Å². The number of nitrogens with one attached hydrogen (secondary N) is 1. The number of hydrogen-bond acceptors (Lipinski definition) is 3. The molecule has 5 nitrogen and oxygen atoms in total. The average Bonchev–Trinajstić information content (AvgIpc) is 2.98. The Labute approximate surface area is 108 Å². The molecule has 0 aromatic heterocycles. The van der Waals surface area contributed by atoms with Crippen molar-refractivity contribution in [2.24, 2.45) is 5.92 Å². The minimum Gasteiger partial charge on any atom is -0.449 e. The summed E-state index contributed by atoms with van der Waals surface area (Å²) in [5, 5.41) is 2.96. The predicted octanol–water partition coefficient (Wildman–Crippen LogP) is 1.52. The molecule has 2 aliphatic rings. The first-order valence-electron chi connectivity index (χ1n) is 6.81. The molecule has 1 aliphatic heterocycles. The molecule has 1 saturated heterocycles. The predicted molar refractivity (Wildman–Crippen MR) is 67.1 cm³/mol. The fourth-order valence-corrected chi connectivity index (χ4v) is 2.10. The zero-order valence-corrected chi connectivity index (χ0v) is 11.1. The number of hydrogen-bond donors (Lipinski definition) is 1. The molecule has 0 spiro atoms. The molecule has 1 aliphatic carbocycles. The third-order valence-electron chi connectivity index (χ3n) is 3.25. The first kappa shape index (κ1) is 13.2. The van der Waals surface area contributed by atoms with Gasteiger partial charge in [-0.1, -0.05) is 13.8 Å². The van der Waals surface area contributed by atoms with Gasteiger partial charge < -0.3 is 10.1 Å². The molecule has 0 radical (unpaired) electrons. The van der Waals surface area contributed by atoms with Gasteiger partial charge in [0.15, 0.2) is 0 Å². The standard InChI is InChI=1S/C13H22N2O3/c1-9(2)8-18-13(17)15-7-3-4-11(15)12(16)14-10-5-6-10/h9-11H,3-8H2,1-2H3,(H,14,16)/t11-/m0/s1. The zero-order valence-electron chi connectivity index (χ0n) is 11.1. The maximum absolute atomic E-state index is 12.0. The molecule has 2 amide bonds. The van der Waals surface area contributed by atoms with E-state index >= 15 is 0 Å². The third kappa shape index (κ3) is 3.37. The number of carbonyl (C=O) groups excluding carboxylic acids is 2. The lowest BCUT2D eigenvalue weighted by atomic mass is 10.2. The molecule has 102 valence electrons. The summed E-state index contributed by atoms with van der Waals surface area (Å²) in [6.07, 6.45) is 3.40. The Morgan fingerprint density at radius 2 is 2.06 bits per heavy atom. The molecule has 1 heterocycles. The van der Waals surface area contributed by atoms with Crippen molar-refractivity contribution < 1.29 is 14.3 Å². The summed E-state index contributed by atoms with van der Waals surface area (Å²) >= 11 is 0. The van der Waals surface area contributed by atoms with Crippen molar-refractivity contribution >= 4 is 12.0 Å². The lowest BCUT2D eigenvalue weighted by Crippen LogP contribution is -2.46. The van der Waals surface area contributed by atoms with Gasteiger partial charge >= 0.3 is 6.09 Å². The molecular formula is C13H22N2O3. The summed E-state index contributed by atoms with van der Waals surface area (Å²) in [5.74, 6) is 0.298. The van der Waals surface area contributed by atoms with Crippen LogP contribution in [0.2, 0.25) is 0 Å². The van der Waals surface area contributed by atoms with E-state index in [1.54, 1.807) is 4.90 Å². The highest BCUT2D eigenvalue weighted by atomic mass is 16.6. The van der Waals surface area contributed by atoms with Crippen LogP contribution in [0.4, 0.5) is 4.79 Å². The van der Waals surface area contributed by atoms with Crippen LogP contribution in [0.25, 0.3) is 0 Å². The second-order valence-electron chi connectivity index (χ2n) is 5.61. The van der Waals surface area contributed by atoms with E-state index in [1.165, 1.54) is 0 Å². The lowest BCUT2D eigenvalue weighted by Gasteiger charge is -2.23. The Kier molecular flexibility index (Phi) is 4.09. The molecule has 1 saturated carbocycles. The minimum absolute atomic E-state index is 0.0171. The van der Waals surface area contributed by atoms with Crippen LogP contribution in [0.5, 0.6) is 0 Å². The molecule has 2 fully saturated rings. The second-order valence-corrected chi connectivity index (χ2v) is 5.61. The number of nitrogens with zero attached hydrogens (tertiary/aromatic N) is 1. The molecule has 18 heavy (non-hydrogen) atoms. The molecule has 0 unspecified atom stereocenters. The van der Waals surface area contributed by atoms with Crippen LogP contribution in [0, 0.1) is 5.92 Å². The number of rotatable bonds is 4. The first-order chi connectivity index (χ1) is 8.58. The van der Waals surface area contributed by atoms with Gasteiger partial charge in [0.25, 0.3) is 0 Å². The van der Waals surface area contributed by atoms with Crippen molar-refractivity contribution in [1.29, 1.82) is 0 Å². The second kappa shape index (κ2) is 5.59. The lowest BCUT2D eigenvalue weighted by molar-refractivity contribution is -0.125. The average molecular weight is 254 g/mol. The molecule has 0 aromatic carbocycles. The third-order valence-corrected chi connectivity index (χ3v) is 3.25. The molecular weight excluding hydrogens is 232 g/mol. The summed E-state index contributed by atoms with van der Waals surface area (Å²) in [7, 11) is 0. The Bertz CT molecular complexity index is 326. The van der Waals surface area contributed by atoms with E-state index in [9.17, 15) is 9.59 Å². The normalized spacial score (nSPS) is 23.3. The Morgan fingerprint density at radius 3 is 2.67 bits per heavy atom. The van der Waals surface area contributed by atoms with Gasteiger partial charge in [-0.05, 0) is 31.6 Å². The fraction of sp³-hybridized carbons (Fsp3) is 0.846. The van der Waals surface area contributed by atoms with Gasteiger partial charge in [0.1, 0.15) is 6.04 Å². The topological polar surface area (TPSA) is 58.6 Å². The van der Waals surface area contributed by atoms with Crippen LogP contribution >= 0.6 is 0 Å². The van der Waals surface area contributed by atoms with Crippen molar-refractivity contribution in [3.63, 3.8) is 0 Å². The monoisotopic (exact) mass is 254 g/mol. The van der Waals surface area contributed by atoms with Crippen molar-refractivity contribution in [3.8, 4) is 0 Å². The van der Waals surface area contributed by atoms with Crippen LogP contribution in [0.1, 0.15) is 39.5 Å². The fourth-order valence-electron chi connectivity index (χ4n) is 2.10.